The van der Waals surface area contributed by atoms with Crippen molar-refractivity contribution in [3.05, 3.63) is 70.3 Å². The number of nitrogens with zero attached hydrogens (tertiary/aromatic N) is 3. The first-order valence-corrected chi connectivity index (χ1v) is 7.81. The number of aromatic nitrogens is 2. The van der Waals surface area contributed by atoms with E-state index in [2.05, 4.69) is 9.98 Å². The molecule has 24 heavy (non-hydrogen) atoms. The Morgan fingerprint density at radius 2 is 1.96 bits per heavy atom. The van der Waals surface area contributed by atoms with Gasteiger partial charge in [-0.05, 0) is 31.2 Å². The molecule has 0 aliphatic rings. The van der Waals surface area contributed by atoms with Crippen LogP contribution in [0.15, 0.2) is 58.4 Å². The standard InChI is InChI=1S/C19H19N3O2/c1-13(20-12-10-14-7-5-6-11-21-14)17-18(23)15-8-3-4-9-16(15)22(2)19(17)24/h3-9,11,23H,10,12H2,1-2H3. The number of aryl methyl sites for hydroxylation is 1. The molecule has 122 valence electrons. The normalized spacial score (nSPS) is 11.8. The van der Waals surface area contributed by atoms with Gasteiger partial charge in [-0.15, -0.1) is 0 Å². The van der Waals surface area contributed by atoms with Crippen molar-refractivity contribution in [2.24, 2.45) is 12.0 Å². The van der Waals surface area contributed by atoms with Crippen LogP contribution >= 0.6 is 0 Å². The van der Waals surface area contributed by atoms with Gasteiger partial charge in [0.1, 0.15) is 11.3 Å². The molecule has 2 aromatic heterocycles. The third-order valence-corrected chi connectivity index (χ3v) is 4.08. The van der Waals surface area contributed by atoms with Crippen molar-refractivity contribution in [2.45, 2.75) is 13.3 Å². The van der Waals surface area contributed by atoms with Gasteiger partial charge in [0.25, 0.3) is 5.56 Å². The van der Waals surface area contributed by atoms with E-state index >= 15 is 0 Å². The molecule has 0 aliphatic heterocycles. The summed E-state index contributed by atoms with van der Waals surface area (Å²) in [5, 5.41) is 11.2. The van der Waals surface area contributed by atoms with Crippen molar-refractivity contribution < 1.29 is 5.11 Å². The Balaban J connectivity index is 1.96. The van der Waals surface area contributed by atoms with E-state index in [-0.39, 0.29) is 16.9 Å². The highest BCUT2D eigenvalue weighted by Gasteiger charge is 2.16. The van der Waals surface area contributed by atoms with Crippen LogP contribution in [0.3, 0.4) is 0 Å². The molecule has 0 atom stereocenters. The second-order valence-corrected chi connectivity index (χ2v) is 5.64. The van der Waals surface area contributed by atoms with Gasteiger partial charge in [-0.3, -0.25) is 14.8 Å². The van der Waals surface area contributed by atoms with E-state index in [0.29, 0.717) is 29.6 Å². The van der Waals surface area contributed by atoms with Gasteiger partial charge in [-0.25, -0.2) is 0 Å². The summed E-state index contributed by atoms with van der Waals surface area (Å²) in [5.41, 5.74) is 2.20. The minimum Gasteiger partial charge on any atom is -0.506 e. The summed E-state index contributed by atoms with van der Waals surface area (Å²) in [7, 11) is 1.70. The third-order valence-electron chi connectivity index (χ3n) is 4.08. The highest BCUT2D eigenvalue weighted by atomic mass is 16.3. The summed E-state index contributed by atoms with van der Waals surface area (Å²) in [6, 6.07) is 13.0. The topological polar surface area (TPSA) is 67.5 Å². The van der Waals surface area contributed by atoms with Gasteiger partial charge in [0, 0.05) is 43.0 Å². The minimum atomic E-state index is -0.245. The van der Waals surface area contributed by atoms with Gasteiger partial charge in [0.15, 0.2) is 0 Å². The predicted octanol–water partition coefficient (Wildman–Crippen LogP) is 2.69. The molecule has 0 saturated heterocycles. The van der Waals surface area contributed by atoms with E-state index in [1.54, 1.807) is 30.8 Å². The number of benzene rings is 1. The highest BCUT2D eigenvalue weighted by Crippen LogP contribution is 2.26. The lowest BCUT2D eigenvalue weighted by Crippen LogP contribution is -2.24. The van der Waals surface area contributed by atoms with Crippen LogP contribution in [0.25, 0.3) is 10.9 Å². The average molecular weight is 321 g/mol. The number of rotatable bonds is 4. The molecule has 1 aromatic carbocycles. The Bertz CT molecular complexity index is 960. The molecule has 0 amide bonds. The molecule has 0 unspecified atom stereocenters. The maximum atomic E-state index is 12.6. The predicted molar refractivity (Wildman–Crippen MR) is 95.9 cm³/mol. The SMILES string of the molecule is CC(=NCCc1ccccn1)c1c(O)c2ccccc2n(C)c1=O. The lowest BCUT2D eigenvalue weighted by atomic mass is 10.1. The van der Waals surface area contributed by atoms with E-state index in [0.717, 1.165) is 5.69 Å². The molecule has 0 saturated carbocycles. The summed E-state index contributed by atoms with van der Waals surface area (Å²) in [6.45, 7) is 2.27. The fourth-order valence-corrected chi connectivity index (χ4v) is 2.77. The monoisotopic (exact) mass is 321 g/mol. The first kappa shape index (κ1) is 15.9. The fraction of sp³-hybridized carbons (Fsp3) is 0.211. The van der Waals surface area contributed by atoms with E-state index in [4.69, 9.17) is 0 Å². The molecule has 2 heterocycles. The van der Waals surface area contributed by atoms with Gasteiger partial charge in [0.2, 0.25) is 0 Å². The molecule has 0 spiro atoms. The lowest BCUT2D eigenvalue weighted by molar-refractivity contribution is 0.478. The maximum Gasteiger partial charge on any atom is 0.263 e. The number of para-hydroxylation sites is 1. The average Bonchev–Trinajstić information content (AvgIpc) is 2.61. The summed E-state index contributed by atoms with van der Waals surface area (Å²) in [6.07, 6.45) is 2.43. The zero-order chi connectivity index (χ0) is 17.1. The first-order chi connectivity index (χ1) is 11.6. The molecule has 3 aromatic rings. The molecule has 0 aliphatic carbocycles. The molecule has 5 nitrogen and oxygen atoms in total. The number of hydrogen-bond donors (Lipinski definition) is 1. The van der Waals surface area contributed by atoms with Gasteiger partial charge < -0.3 is 9.67 Å². The van der Waals surface area contributed by atoms with Crippen LogP contribution in [0, 0.1) is 0 Å². The highest BCUT2D eigenvalue weighted by molar-refractivity contribution is 6.05. The summed E-state index contributed by atoms with van der Waals surface area (Å²) >= 11 is 0. The summed E-state index contributed by atoms with van der Waals surface area (Å²) < 4.78 is 1.54. The van der Waals surface area contributed by atoms with Gasteiger partial charge >= 0.3 is 0 Å². The molecular weight excluding hydrogens is 302 g/mol. The van der Waals surface area contributed by atoms with Crippen LogP contribution < -0.4 is 5.56 Å². The fourth-order valence-electron chi connectivity index (χ4n) is 2.77. The van der Waals surface area contributed by atoms with Crippen LogP contribution in [-0.4, -0.2) is 26.9 Å². The van der Waals surface area contributed by atoms with Crippen molar-refractivity contribution in [3.63, 3.8) is 0 Å². The van der Waals surface area contributed by atoms with Gasteiger partial charge in [-0.2, -0.15) is 0 Å². The van der Waals surface area contributed by atoms with Crippen LogP contribution in [0.4, 0.5) is 0 Å². The van der Waals surface area contributed by atoms with E-state index in [1.165, 1.54) is 0 Å². The molecule has 0 fully saturated rings. The Kier molecular flexibility index (Phi) is 4.42. The summed E-state index contributed by atoms with van der Waals surface area (Å²) in [4.78, 5) is 21.3. The van der Waals surface area contributed by atoms with Gasteiger partial charge in [-0.1, -0.05) is 18.2 Å². The van der Waals surface area contributed by atoms with E-state index in [1.807, 2.05) is 36.4 Å². The Morgan fingerprint density at radius 1 is 1.21 bits per heavy atom. The van der Waals surface area contributed by atoms with Crippen molar-refractivity contribution in [1.29, 1.82) is 0 Å². The lowest BCUT2D eigenvalue weighted by Gasteiger charge is -2.11. The van der Waals surface area contributed by atoms with E-state index < -0.39 is 0 Å². The Morgan fingerprint density at radius 3 is 2.71 bits per heavy atom. The number of fused-ring (bicyclic) bond motifs is 1. The van der Waals surface area contributed by atoms with Crippen LogP contribution in [0.2, 0.25) is 0 Å². The smallest absolute Gasteiger partial charge is 0.263 e. The van der Waals surface area contributed by atoms with Crippen molar-refractivity contribution in [1.82, 2.24) is 9.55 Å². The first-order valence-electron chi connectivity index (χ1n) is 7.81. The van der Waals surface area contributed by atoms with Crippen LogP contribution in [0.1, 0.15) is 18.2 Å². The second kappa shape index (κ2) is 6.66. The number of aromatic hydroxyl groups is 1. The largest absolute Gasteiger partial charge is 0.506 e. The van der Waals surface area contributed by atoms with Gasteiger partial charge in [0.05, 0.1) is 5.52 Å². The second-order valence-electron chi connectivity index (χ2n) is 5.64. The van der Waals surface area contributed by atoms with Crippen molar-refractivity contribution in [3.8, 4) is 5.75 Å². The zero-order valence-corrected chi connectivity index (χ0v) is 13.7. The number of aliphatic imine (C=N–C) groups is 1. The molecule has 0 bridgehead atoms. The summed E-state index contributed by atoms with van der Waals surface area (Å²) in [5.74, 6) is -0.00668. The molecule has 1 N–H and O–H groups in total. The Hall–Kier alpha value is -2.95. The third kappa shape index (κ3) is 2.93. The molecular formula is C19H19N3O2. The molecule has 3 rings (SSSR count). The Labute approximate surface area is 139 Å². The van der Waals surface area contributed by atoms with Crippen LogP contribution in [0.5, 0.6) is 5.75 Å². The number of hydrogen-bond acceptors (Lipinski definition) is 4. The van der Waals surface area contributed by atoms with Crippen LogP contribution in [-0.2, 0) is 13.5 Å². The van der Waals surface area contributed by atoms with Crippen molar-refractivity contribution in [2.75, 3.05) is 6.54 Å². The number of pyridine rings is 2. The maximum absolute atomic E-state index is 12.6. The molecule has 0 radical (unpaired) electrons. The minimum absolute atomic E-state index is 0.00668. The van der Waals surface area contributed by atoms with E-state index in [9.17, 15) is 9.90 Å². The quantitative estimate of drug-likeness (QED) is 0.751. The van der Waals surface area contributed by atoms with Crippen molar-refractivity contribution >= 4 is 16.6 Å². The molecule has 5 heteroatoms. The zero-order valence-electron chi connectivity index (χ0n) is 13.7.